The van der Waals surface area contributed by atoms with Gasteiger partial charge in [-0.1, -0.05) is 0 Å². The van der Waals surface area contributed by atoms with Gasteiger partial charge in [0, 0.05) is 24.5 Å². The Hall–Kier alpha value is -1.61. The molecule has 2 amide bonds. The molecule has 1 aliphatic heterocycles. The van der Waals surface area contributed by atoms with E-state index in [1.165, 1.54) is 0 Å². The largest absolute Gasteiger partial charge is 0.379 e. The number of thioether (sulfide) groups is 1. The van der Waals surface area contributed by atoms with E-state index in [1.54, 1.807) is 36.0 Å². The Labute approximate surface area is 152 Å². The van der Waals surface area contributed by atoms with Gasteiger partial charge in [0.15, 0.2) is 0 Å². The third kappa shape index (κ3) is 7.03. The number of hydrogen-bond donors (Lipinski definition) is 3. The van der Waals surface area contributed by atoms with Crippen LogP contribution in [0.2, 0.25) is 0 Å². The fourth-order valence-electron chi connectivity index (χ4n) is 2.41. The van der Waals surface area contributed by atoms with Crippen molar-refractivity contribution < 1.29 is 14.3 Å². The number of anilines is 2. The maximum absolute atomic E-state index is 12.1. The van der Waals surface area contributed by atoms with Crippen molar-refractivity contribution in [1.82, 2.24) is 4.90 Å². The molecule has 1 aromatic rings. The Balaban J connectivity index is 1.78. The molecule has 1 aromatic carbocycles. The zero-order valence-corrected chi connectivity index (χ0v) is 15.3. The van der Waals surface area contributed by atoms with Gasteiger partial charge < -0.3 is 21.1 Å². The molecule has 1 aliphatic rings. The Bertz CT molecular complexity index is 562. The van der Waals surface area contributed by atoms with E-state index in [2.05, 4.69) is 15.5 Å². The van der Waals surface area contributed by atoms with Gasteiger partial charge in [0.1, 0.15) is 0 Å². The van der Waals surface area contributed by atoms with Crippen LogP contribution in [0.1, 0.15) is 6.42 Å². The lowest BCUT2D eigenvalue weighted by molar-refractivity contribution is -0.118. The van der Waals surface area contributed by atoms with Crippen LogP contribution in [0.3, 0.4) is 0 Å². The van der Waals surface area contributed by atoms with E-state index in [1.807, 2.05) is 6.26 Å². The lowest BCUT2D eigenvalue weighted by Crippen LogP contribution is -2.41. The first-order valence-corrected chi connectivity index (χ1v) is 9.73. The van der Waals surface area contributed by atoms with Crippen molar-refractivity contribution in [3.8, 4) is 0 Å². The van der Waals surface area contributed by atoms with E-state index in [4.69, 9.17) is 10.5 Å². The summed E-state index contributed by atoms with van der Waals surface area (Å²) >= 11 is 1.66. The summed E-state index contributed by atoms with van der Waals surface area (Å²) in [5, 5.41) is 5.65. The number of carbonyl (C=O) groups is 2. The number of morpholine rings is 1. The zero-order chi connectivity index (χ0) is 18.1. The van der Waals surface area contributed by atoms with E-state index >= 15 is 0 Å². The highest BCUT2D eigenvalue weighted by Gasteiger charge is 2.15. The van der Waals surface area contributed by atoms with Crippen LogP contribution in [0.5, 0.6) is 0 Å². The highest BCUT2D eigenvalue weighted by Crippen LogP contribution is 2.14. The summed E-state index contributed by atoms with van der Waals surface area (Å²) in [6, 6.07) is 6.52. The third-order valence-electron chi connectivity index (χ3n) is 3.88. The topological polar surface area (TPSA) is 96.7 Å². The molecule has 1 saturated heterocycles. The van der Waals surface area contributed by atoms with Crippen LogP contribution in [0.4, 0.5) is 11.4 Å². The molecule has 138 valence electrons. The molecule has 0 aliphatic carbocycles. The summed E-state index contributed by atoms with van der Waals surface area (Å²) in [7, 11) is 0. The van der Waals surface area contributed by atoms with E-state index in [0.29, 0.717) is 37.6 Å². The van der Waals surface area contributed by atoms with E-state index in [0.717, 1.165) is 18.8 Å². The summed E-state index contributed by atoms with van der Waals surface area (Å²) in [5.74, 6) is 0.596. The number of nitrogens with one attached hydrogen (secondary N) is 2. The van der Waals surface area contributed by atoms with Crippen molar-refractivity contribution in [2.45, 2.75) is 12.5 Å². The van der Waals surface area contributed by atoms with Crippen molar-refractivity contribution in [3.63, 3.8) is 0 Å². The van der Waals surface area contributed by atoms with E-state index in [-0.39, 0.29) is 11.8 Å². The fraction of sp³-hybridized carbons (Fsp3) is 0.529. The van der Waals surface area contributed by atoms with Crippen molar-refractivity contribution in [2.24, 2.45) is 5.73 Å². The number of nitrogens with zero attached hydrogens (tertiary/aromatic N) is 1. The number of ether oxygens (including phenoxy) is 1. The highest BCUT2D eigenvalue weighted by atomic mass is 32.2. The quantitative estimate of drug-likeness (QED) is 0.635. The Kier molecular flexibility index (Phi) is 8.20. The van der Waals surface area contributed by atoms with Crippen molar-refractivity contribution in [2.75, 3.05) is 55.5 Å². The van der Waals surface area contributed by atoms with Gasteiger partial charge in [-0.2, -0.15) is 11.8 Å². The first-order valence-electron chi connectivity index (χ1n) is 8.34. The normalized spacial score (nSPS) is 16.2. The molecule has 1 unspecified atom stereocenters. The van der Waals surface area contributed by atoms with Crippen LogP contribution in [0, 0.1) is 0 Å². The van der Waals surface area contributed by atoms with Crippen LogP contribution >= 0.6 is 11.8 Å². The summed E-state index contributed by atoms with van der Waals surface area (Å²) in [4.78, 5) is 26.1. The average molecular weight is 366 g/mol. The van der Waals surface area contributed by atoms with Gasteiger partial charge in [-0.05, 0) is 42.7 Å². The predicted octanol–water partition coefficient (Wildman–Crippen LogP) is 0.976. The molecule has 0 bridgehead atoms. The summed E-state index contributed by atoms with van der Waals surface area (Å²) in [6.07, 6.45) is 2.62. The number of rotatable bonds is 8. The zero-order valence-electron chi connectivity index (χ0n) is 14.5. The maximum Gasteiger partial charge on any atom is 0.241 e. The number of benzene rings is 1. The maximum atomic E-state index is 12.1. The summed E-state index contributed by atoms with van der Waals surface area (Å²) in [5.41, 5.74) is 7.20. The lowest BCUT2D eigenvalue weighted by Gasteiger charge is -2.25. The van der Waals surface area contributed by atoms with Gasteiger partial charge in [0.2, 0.25) is 11.8 Å². The van der Waals surface area contributed by atoms with Crippen LogP contribution in [-0.4, -0.2) is 67.6 Å². The summed E-state index contributed by atoms with van der Waals surface area (Å²) < 4.78 is 5.26. The third-order valence-corrected chi connectivity index (χ3v) is 4.52. The second-order valence-corrected chi connectivity index (χ2v) is 6.88. The smallest absolute Gasteiger partial charge is 0.241 e. The van der Waals surface area contributed by atoms with E-state index < -0.39 is 6.04 Å². The van der Waals surface area contributed by atoms with Gasteiger partial charge in [-0.3, -0.25) is 14.5 Å². The molecule has 25 heavy (non-hydrogen) atoms. The molecule has 4 N–H and O–H groups in total. The molecule has 1 fully saturated rings. The van der Waals surface area contributed by atoms with Crippen LogP contribution in [0.25, 0.3) is 0 Å². The second-order valence-electron chi connectivity index (χ2n) is 5.89. The first-order chi connectivity index (χ1) is 12.1. The SMILES string of the molecule is CSCCC(N)C(=O)Nc1ccc(NC(=O)CN2CCOCC2)cc1. The van der Waals surface area contributed by atoms with Crippen molar-refractivity contribution in [1.29, 1.82) is 0 Å². The minimum atomic E-state index is -0.514. The van der Waals surface area contributed by atoms with Crippen molar-refractivity contribution in [3.05, 3.63) is 24.3 Å². The van der Waals surface area contributed by atoms with Crippen LogP contribution in [-0.2, 0) is 14.3 Å². The molecule has 8 heteroatoms. The van der Waals surface area contributed by atoms with Gasteiger partial charge in [0.25, 0.3) is 0 Å². The molecule has 0 aromatic heterocycles. The minimum Gasteiger partial charge on any atom is -0.379 e. The highest BCUT2D eigenvalue weighted by molar-refractivity contribution is 7.98. The molecular formula is C17H26N4O3S. The fourth-order valence-corrected chi connectivity index (χ4v) is 2.90. The van der Waals surface area contributed by atoms with Gasteiger partial charge in [-0.25, -0.2) is 0 Å². The molecule has 1 atom stereocenters. The number of hydrogen-bond acceptors (Lipinski definition) is 6. The molecule has 7 nitrogen and oxygen atoms in total. The number of carbonyl (C=O) groups excluding carboxylic acids is 2. The van der Waals surface area contributed by atoms with Gasteiger partial charge >= 0.3 is 0 Å². The molecule has 0 spiro atoms. The standard InChI is InChI=1S/C17H26N4O3S/c1-25-11-6-15(18)17(23)20-14-4-2-13(3-5-14)19-16(22)12-21-7-9-24-10-8-21/h2-5,15H,6-12,18H2,1H3,(H,19,22)(H,20,23). The van der Waals surface area contributed by atoms with Crippen molar-refractivity contribution >= 4 is 35.0 Å². The first kappa shape index (κ1) is 19.7. The second kappa shape index (κ2) is 10.4. The number of amides is 2. The Morgan fingerprint density at radius 1 is 1.20 bits per heavy atom. The predicted molar refractivity (Wildman–Crippen MR) is 102 cm³/mol. The van der Waals surface area contributed by atoms with Gasteiger partial charge in [0.05, 0.1) is 25.8 Å². The Morgan fingerprint density at radius 3 is 2.40 bits per heavy atom. The molecule has 1 heterocycles. The summed E-state index contributed by atoms with van der Waals surface area (Å²) in [6.45, 7) is 3.23. The average Bonchev–Trinajstić information content (AvgIpc) is 2.62. The number of nitrogens with two attached hydrogens (primary N) is 1. The van der Waals surface area contributed by atoms with Crippen LogP contribution in [0.15, 0.2) is 24.3 Å². The molecule has 0 radical (unpaired) electrons. The Morgan fingerprint density at radius 2 is 1.80 bits per heavy atom. The molecule has 2 rings (SSSR count). The monoisotopic (exact) mass is 366 g/mol. The van der Waals surface area contributed by atoms with E-state index in [9.17, 15) is 9.59 Å². The van der Waals surface area contributed by atoms with Gasteiger partial charge in [-0.15, -0.1) is 0 Å². The lowest BCUT2D eigenvalue weighted by atomic mass is 10.2. The van der Waals surface area contributed by atoms with Crippen LogP contribution < -0.4 is 16.4 Å². The molecular weight excluding hydrogens is 340 g/mol. The minimum absolute atomic E-state index is 0.0576. The molecule has 0 saturated carbocycles.